The SMILES string of the molecule is C=CNCCC(C)CCC(C)(N)C/C(=C/N)NNC. The minimum absolute atomic E-state index is 0.241. The van der Waals surface area contributed by atoms with Gasteiger partial charge in [0.2, 0.25) is 0 Å². The Morgan fingerprint density at radius 2 is 2.11 bits per heavy atom. The van der Waals surface area contributed by atoms with Crippen LogP contribution >= 0.6 is 0 Å². The lowest BCUT2D eigenvalue weighted by molar-refractivity contribution is 0.354. The molecule has 0 aromatic heterocycles. The quantitative estimate of drug-likeness (QED) is 0.287. The van der Waals surface area contributed by atoms with Crippen LogP contribution in [0.1, 0.15) is 39.5 Å². The maximum Gasteiger partial charge on any atom is 0.0434 e. The molecule has 0 aliphatic carbocycles. The highest BCUT2D eigenvalue weighted by Gasteiger charge is 2.21. The molecule has 7 N–H and O–H groups in total. The van der Waals surface area contributed by atoms with Crippen LogP contribution < -0.4 is 27.6 Å². The third-order valence-electron chi connectivity index (χ3n) is 3.22. The molecule has 2 atom stereocenters. The van der Waals surface area contributed by atoms with Crippen molar-refractivity contribution in [1.29, 1.82) is 0 Å². The van der Waals surface area contributed by atoms with E-state index < -0.39 is 0 Å². The summed E-state index contributed by atoms with van der Waals surface area (Å²) in [6.45, 7) is 8.94. The third-order valence-corrected chi connectivity index (χ3v) is 3.22. The zero-order valence-corrected chi connectivity index (χ0v) is 12.6. The van der Waals surface area contributed by atoms with Crippen LogP contribution in [0, 0.1) is 5.92 Å². The van der Waals surface area contributed by atoms with Crippen molar-refractivity contribution in [3.8, 4) is 0 Å². The molecule has 0 bridgehead atoms. The number of hydrogen-bond acceptors (Lipinski definition) is 5. The van der Waals surface area contributed by atoms with E-state index in [1.54, 1.807) is 12.4 Å². The number of hydrogen-bond donors (Lipinski definition) is 5. The normalized spacial score (nSPS) is 16.5. The standard InChI is InChI=1S/C14H31N5/c1-5-18-9-7-12(2)6-8-14(3,16)10-13(11-15)19-17-4/h5,11-12,17-19H,1,6-10,15-16H2,2-4H3/b13-11-. The van der Waals surface area contributed by atoms with Crippen molar-refractivity contribution < 1.29 is 0 Å². The van der Waals surface area contributed by atoms with Gasteiger partial charge in [0.05, 0.1) is 0 Å². The summed E-state index contributed by atoms with van der Waals surface area (Å²) in [7, 11) is 1.81. The molecule has 0 radical (unpaired) electrons. The summed E-state index contributed by atoms with van der Waals surface area (Å²) in [5.74, 6) is 0.651. The van der Waals surface area contributed by atoms with E-state index in [0.717, 1.165) is 37.9 Å². The lowest BCUT2D eigenvalue weighted by Crippen LogP contribution is -2.40. The van der Waals surface area contributed by atoms with Gasteiger partial charge in [-0.1, -0.05) is 13.5 Å². The van der Waals surface area contributed by atoms with Gasteiger partial charge in [-0.2, -0.15) is 0 Å². The zero-order valence-electron chi connectivity index (χ0n) is 12.6. The Labute approximate surface area is 117 Å². The van der Waals surface area contributed by atoms with Gasteiger partial charge in [0, 0.05) is 37.4 Å². The van der Waals surface area contributed by atoms with Gasteiger partial charge in [0.1, 0.15) is 0 Å². The number of nitrogens with one attached hydrogen (secondary N) is 3. The molecule has 0 aliphatic heterocycles. The van der Waals surface area contributed by atoms with Crippen LogP contribution in [-0.4, -0.2) is 19.1 Å². The van der Waals surface area contributed by atoms with E-state index in [0.29, 0.717) is 5.92 Å². The average molecular weight is 269 g/mol. The van der Waals surface area contributed by atoms with Gasteiger partial charge < -0.3 is 22.2 Å². The summed E-state index contributed by atoms with van der Waals surface area (Å²) < 4.78 is 0. The average Bonchev–Trinajstić information content (AvgIpc) is 2.36. The lowest BCUT2D eigenvalue weighted by Gasteiger charge is -2.27. The van der Waals surface area contributed by atoms with E-state index >= 15 is 0 Å². The predicted molar refractivity (Wildman–Crippen MR) is 82.9 cm³/mol. The molecule has 19 heavy (non-hydrogen) atoms. The highest BCUT2D eigenvalue weighted by molar-refractivity contribution is 5.02. The fourth-order valence-corrected chi connectivity index (χ4v) is 1.98. The Bertz CT molecular complexity index is 273. The summed E-state index contributed by atoms with van der Waals surface area (Å²) in [6, 6.07) is 0. The van der Waals surface area contributed by atoms with E-state index in [9.17, 15) is 0 Å². The second kappa shape index (κ2) is 9.69. The molecule has 0 fully saturated rings. The first-order chi connectivity index (χ1) is 8.95. The largest absolute Gasteiger partial charge is 0.403 e. The van der Waals surface area contributed by atoms with Gasteiger partial charge in [-0.05, 0) is 38.3 Å². The van der Waals surface area contributed by atoms with E-state index in [4.69, 9.17) is 11.5 Å². The second-order valence-electron chi connectivity index (χ2n) is 5.49. The van der Waals surface area contributed by atoms with Crippen molar-refractivity contribution in [2.45, 2.75) is 45.1 Å². The molecule has 0 saturated carbocycles. The Balaban J connectivity index is 4.04. The Morgan fingerprint density at radius 1 is 1.42 bits per heavy atom. The summed E-state index contributed by atoms with van der Waals surface area (Å²) in [4.78, 5) is 0. The molecule has 0 rings (SSSR count). The zero-order chi connectivity index (χ0) is 14.7. The smallest absolute Gasteiger partial charge is 0.0434 e. The molecule has 0 aromatic rings. The molecule has 5 nitrogen and oxygen atoms in total. The summed E-state index contributed by atoms with van der Waals surface area (Å²) in [6.07, 6.45) is 7.27. The number of hydrazine groups is 1. The van der Waals surface area contributed by atoms with Gasteiger partial charge >= 0.3 is 0 Å². The number of nitrogens with two attached hydrogens (primary N) is 2. The Kier molecular flexibility index (Phi) is 9.08. The van der Waals surface area contributed by atoms with E-state index in [2.05, 4.69) is 36.6 Å². The van der Waals surface area contributed by atoms with Gasteiger partial charge in [0.15, 0.2) is 0 Å². The molecule has 0 saturated heterocycles. The van der Waals surface area contributed by atoms with Gasteiger partial charge in [-0.15, -0.1) is 0 Å². The second-order valence-corrected chi connectivity index (χ2v) is 5.49. The van der Waals surface area contributed by atoms with Gasteiger partial charge in [0.25, 0.3) is 0 Å². The highest BCUT2D eigenvalue weighted by Crippen LogP contribution is 2.21. The molecule has 112 valence electrons. The molecule has 2 unspecified atom stereocenters. The summed E-state index contributed by atoms with van der Waals surface area (Å²) >= 11 is 0. The first-order valence-corrected chi connectivity index (χ1v) is 6.92. The molecule has 0 heterocycles. The molecule has 5 heteroatoms. The molecular weight excluding hydrogens is 238 g/mol. The van der Waals surface area contributed by atoms with Gasteiger partial charge in [-0.25, -0.2) is 5.43 Å². The van der Waals surface area contributed by atoms with Crippen molar-refractivity contribution in [2.75, 3.05) is 13.6 Å². The third kappa shape index (κ3) is 9.39. The maximum atomic E-state index is 6.33. The van der Waals surface area contributed by atoms with Gasteiger partial charge in [-0.3, -0.25) is 0 Å². The molecule has 0 spiro atoms. The van der Waals surface area contributed by atoms with Crippen molar-refractivity contribution in [3.63, 3.8) is 0 Å². The minimum Gasteiger partial charge on any atom is -0.403 e. The first-order valence-electron chi connectivity index (χ1n) is 6.92. The fourth-order valence-electron chi connectivity index (χ4n) is 1.98. The van der Waals surface area contributed by atoms with Crippen LogP contribution in [0.15, 0.2) is 24.7 Å². The molecule has 0 aliphatic rings. The van der Waals surface area contributed by atoms with Crippen LogP contribution in [0.2, 0.25) is 0 Å². The molecule has 0 amide bonds. The van der Waals surface area contributed by atoms with E-state index in [1.165, 1.54) is 0 Å². The van der Waals surface area contributed by atoms with E-state index in [1.807, 2.05) is 7.05 Å². The summed E-state index contributed by atoms with van der Waals surface area (Å²) in [5, 5.41) is 3.12. The molecule has 0 aromatic carbocycles. The van der Waals surface area contributed by atoms with Crippen LogP contribution in [-0.2, 0) is 0 Å². The molecular formula is C14H31N5. The number of rotatable bonds is 11. The van der Waals surface area contributed by atoms with Crippen molar-refractivity contribution >= 4 is 0 Å². The topological polar surface area (TPSA) is 88.1 Å². The van der Waals surface area contributed by atoms with Crippen molar-refractivity contribution in [3.05, 3.63) is 24.7 Å². The predicted octanol–water partition coefficient (Wildman–Crippen LogP) is 1.16. The maximum absolute atomic E-state index is 6.33. The first kappa shape index (κ1) is 17.8. The Morgan fingerprint density at radius 3 is 2.63 bits per heavy atom. The fraction of sp³-hybridized carbons (Fsp3) is 0.714. The van der Waals surface area contributed by atoms with Crippen molar-refractivity contribution in [1.82, 2.24) is 16.2 Å². The minimum atomic E-state index is -0.241. The lowest BCUT2D eigenvalue weighted by atomic mass is 9.87. The summed E-state index contributed by atoms with van der Waals surface area (Å²) in [5.41, 5.74) is 18.5. The van der Waals surface area contributed by atoms with E-state index in [-0.39, 0.29) is 5.54 Å². The van der Waals surface area contributed by atoms with Crippen LogP contribution in [0.25, 0.3) is 0 Å². The van der Waals surface area contributed by atoms with Crippen LogP contribution in [0.4, 0.5) is 0 Å². The van der Waals surface area contributed by atoms with Crippen LogP contribution in [0.5, 0.6) is 0 Å². The van der Waals surface area contributed by atoms with Crippen LogP contribution in [0.3, 0.4) is 0 Å². The monoisotopic (exact) mass is 269 g/mol. The Hall–Kier alpha value is -1.20. The van der Waals surface area contributed by atoms with Crippen molar-refractivity contribution in [2.24, 2.45) is 17.4 Å². The highest BCUT2D eigenvalue weighted by atomic mass is 15.3.